The van der Waals surface area contributed by atoms with E-state index in [2.05, 4.69) is 13.0 Å². The Bertz CT molecular complexity index is 292. The summed E-state index contributed by atoms with van der Waals surface area (Å²) in [4.78, 5) is 10.9. The molecule has 1 unspecified atom stereocenters. The summed E-state index contributed by atoms with van der Waals surface area (Å²) in [5, 5.41) is 0. The number of hydrogen-bond donors (Lipinski definition) is 0. The van der Waals surface area contributed by atoms with Crippen molar-refractivity contribution >= 4 is 5.78 Å². The molecule has 0 heterocycles. The van der Waals surface area contributed by atoms with Crippen molar-refractivity contribution in [2.45, 2.75) is 13.3 Å². The quantitative estimate of drug-likeness (QED) is 0.511. The van der Waals surface area contributed by atoms with Crippen LogP contribution in [0.15, 0.2) is 35.5 Å². The Hall–Kier alpha value is -1.11. The van der Waals surface area contributed by atoms with Gasteiger partial charge >= 0.3 is 0 Å². The van der Waals surface area contributed by atoms with Gasteiger partial charge in [-0.05, 0) is 31.1 Å². The first-order valence-corrected chi connectivity index (χ1v) is 3.86. The van der Waals surface area contributed by atoms with E-state index in [-0.39, 0.29) is 5.78 Å². The summed E-state index contributed by atoms with van der Waals surface area (Å²) in [5.74, 6) is 0.620. The van der Waals surface area contributed by atoms with Crippen LogP contribution >= 0.6 is 0 Å². The lowest BCUT2D eigenvalue weighted by atomic mass is 9.95. The molecule has 0 radical (unpaired) electrons. The second-order valence-electron chi connectivity index (χ2n) is 3.21. The predicted molar refractivity (Wildman–Crippen MR) is 44.1 cm³/mol. The first-order chi connectivity index (χ1) is 5.25. The van der Waals surface area contributed by atoms with Gasteiger partial charge < -0.3 is 0 Å². The predicted octanol–water partition coefficient (Wildman–Crippen LogP) is 2.02. The monoisotopic (exact) mass is 146 g/mol. The molecule has 0 aliphatic heterocycles. The van der Waals surface area contributed by atoms with Crippen LogP contribution in [0.1, 0.15) is 13.3 Å². The number of carbonyl (C=O) groups excluding carboxylic acids is 1. The van der Waals surface area contributed by atoms with Gasteiger partial charge in [-0.1, -0.05) is 17.7 Å². The lowest BCUT2D eigenvalue weighted by Crippen LogP contribution is -2.02. The van der Waals surface area contributed by atoms with Crippen LogP contribution in [0, 0.1) is 5.92 Å². The maximum Gasteiger partial charge on any atom is 0.178 e. The molecule has 1 atom stereocenters. The van der Waals surface area contributed by atoms with Crippen molar-refractivity contribution in [3.05, 3.63) is 35.5 Å². The van der Waals surface area contributed by atoms with Gasteiger partial charge in [-0.2, -0.15) is 0 Å². The molecule has 0 fully saturated rings. The molecule has 1 nitrogen and oxygen atoms in total. The summed E-state index contributed by atoms with van der Waals surface area (Å²) in [6.07, 6.45) is 8.62. The maximum absolute atomic E-state index is 10.9. The van der Waals surface area contributed by atoms with Crippen molar-refractivity contribution in [3.8, 4) is 0 Å². The third kappa shape index (κ3) is 1.07. The van der Waals surface area contributed by atoms with E-state index >= 15 is 0 Å². The normalized spacial score (nSPS) is 28.1. The number of ketones is 1. The summed E-state index contributed by atoms with van der Waals surface area (Å²) in [5.41, 5.74) is 2.57. The highest BCUT2D eigenvalue weighted by molar-refractivity contribution is 6.01. The van der Waals surface area contributed by atoms with Gasteiger partial charge in [0, 0.05) is 5.92 Å². The fourth-order valence-electron chi connectivity index (χ4n) is 1.67. The Kier molecular flexibility index (Phi) is 1.31. The van der Waals surface area contributed by atoms with Crippen LogP contribution in [0.3, 0.4) is 0 Å². The number of rotatable bonds is 0. The smallest absolute Gasteiger partial charge is 0.178 e. The molecule has 1 heteroatoms. The van der Waals surface area contributed by atoms with E-state index in [4.69, 9.17) is 0 Å². The van der Waals surface area contributed by atoms with E-state index < -0.39 is 0 Å². The van der Waals surface area contributed by atoms with Crippen LogP contribution in [0.5, 0.6) is 0 Å². The molecule has 56 valence electrons. The second-order valence-corrected chi connectivity index (χ2v) is 3.21. The van der Waals surface area contributed by atoms with Gasteiger partial charge in [-0.25, -0.2) is 0 Å². The van der Waals surface area contributed by atoms with Crippen LogP contribution in [0.4, 0.5) is 0 Å². The average Bonchev–Trinajstić information content (AvgIpc) is 2.27. The molecule has 0 amide bonds. The van der Waals surface area contributed by atoms with E-state index in [9.17, 15) is 4.79 Å². The average molecular weight is 146 g/mol. The Morgan fingerprint density at radius 3 is 3.09 bits per heavy atom. The Balaban J connectivity index is 2.36. The van der Waals surface area contributed by atoms with Crippen molar-refractivity contribution in [2.24, 2.45) is 5.92 Å². The van der Waals surface area contributed by atoms with Crippen molar-refractivity contribution < 1.29 is 4.79 Å². The number of carbonyl (C=O) groups is 1. The highest BCUT2D eigenvalue weighted by Gasteiger charge is 2.20. The summed E-state index contributed by atoms with van der Waals surface area (Å²) < 4.78 is 0. The van der Waals surface area contributed by atoms with Gasteiger partial charge in [0.05, 0.1) is 0 Å². The second kappa shape index (κ2) is 2.19. The number of fused-ring (bicyclic) bond motifs is 1. The largest absolute Gasteiger partial charge is 0.290 e. The maximum atomic E-state index is 10.9. The fourth-order valence-corrected chi connectivity index (χ4v) is 1.67. The molecule has 2 aliphatic rings. The Morgan fingerprint density at radius 1 is 1.45 bits per heavy atom. The third-order valence-electron chi connectivity index (χ3n) is 2.18. The Morgan fingerprint density at radius 2 is 2.27 bits per heavy atom. The van der Waals surface area contributed by atoms with Crippen LogP contribution < -0.4 is 0 Å². The van der Waals surface area contributed by atoms with Crippen LogP contribution in [0.25, 0.3) is 0 Å². The molecule has 0 bridgehead atoms. The molecular weight excluding hydrogens is 136 g/mol. The number of allylic oxidation sites excluding steroid dienone is 6. The minimum absolute atomic E-state index is 0.127. The summed E-state index contributed by atoms with van der Waals surface area (Å²) in [6.45, 7) is 2.11. The fraction of sp³-hybridized carbons (Fsp3) is 0.300. The molecule has 0 saturated carbocycles. The van der Waals surface area contributed by atoms with Crippen molar-refractivity contribution in [2.75, 3.05) is 0 Å². The van der Waals surface area contributed by atoms with Gasteiger partial charge in [0.25, 0.3) is 0 Å². The summed E-state index contributed by atoms with van der Waals surface area (Å²) in [7, 11) is 0. The summed E-state index contributed by atoms with van der Waals surface area (Å²) >= 11 is 0. The molecule has 2 rings (SSSR count). The highest BCUT2D eigenvalue weighted by Crippen LogP contribution is 2.32. The zero-order chi connectivity index (χ0) is 7.84. The van der Waals surface area contributed by atoms with Crippen molar-refractivity contribution in [3.63, 3.8) is 0 Å². The van der Waals surface area contributed by atoms with Gasteiger partial charge in [-0.15, -0.1) is 0 Å². The molecule has 11 heavy (non-hydrogen) atoms. The van der Waals surface area contributed by atoms with Crippen LogP contribution in [-0.2, 0) is 4.79 Å². The van der Waals surface area contributed by atoms with E-state index in [0.29, 0.717) is 5.92 Å². The topological polar surface area (TPSA) is 17.1 Å². The SMILES string of the molecule is CC1=CC2=CC(=O)C=CC2C1. The van der Waals surface area contributed by atoms with Crippen molar-refractivity contribution in [1.29, 1.82) is 0 Å². The van der Waals surface area contributed by atoms with E-state index in [1.54, 1.807) is 12.2 Å². The van der Waals surface area contributed by atoms with Gasteiger partial charge in [0.15, 0.2) is 5.78 Å². The molecule has 0 aromatic carbocycles. The molecule has 0 N–H and O–H groups in total. The molecular formula is C10H10O. The van der Waals surface area contributed by atoms with Gasteiger partial charge in [-0.3, -0.25) is 4.79 Å². The molecule has 0 aromatic heterocycles. The van der Waals surface area contributed by atoms with Crippen LogP contribution in [0.2, 0.25) is 0 Å². The van der Waals surface area contributed by atoms with Gasteiger partial charge in [0.1, 0.15) is 0 Å². The van der Waals surface area contributed by atoms with Crippen LogP contribution in [-0.4, -0.2) is 5.78 Å². The summed E-state index contributed by atoms with van der Waals surface area (Å²) in [6, 6.07) is 0. The minimum Gasteiger partial charge on any atom is -0.290 e. The lowest BCUT2D eigenvalue weighted by molar-refractivity contribution is -0.110. The zero-order valence-corrected chi connectivity index (χ0v) is 6.50. The molecule has 2 aliphatic carbocycles. The van der Waals surface area contributed by atoms with Gasteiger partial charge in [0.2, 0.25) is 0 Å². The van der Waals surface area contributed by atoms with Crippen molar-refractivity contribution in [1.82, 2.24) is 0 Å². The van der Waals surface area contributed by atoms with E-state index in [1.807, 2.05) is 6.08 Å². The lowest BCUT2D eigenvalue weighted by Gasteiger charge is -2.08. The number of hydrogen-bond acceptors (Lipinski definition) is 1. The van der Waals surface area contributed by atoms with E-state index in [1.165, 1.54) is 11.1 Å². The molecule has 0 spiro atoms. The minimum atomic E-state index is 0.127. The van der Waals surface area contributed by atoms with E-state index in [0.717, 1.165) is 6.42 Å². The Labute approximate surface area is 66.1 Å². The highest BCUT2D eigenvalue weighted by atomic mass is 16.1. The first-order valence-electron chi connectivity index (χ1n) is 3.86. The molecule has 0 aromatic rings. The zero-order valence-electron chi connectivity index (χ0n) is 6.50. The standard InChI is InChI=1S/C10H10O/c1-7-4-8-2-3-10(11)6-9(8)5-7/h2-3,5-6,8H,4H2,1H3. The third-order valence-corrected chi connectivity index (χ3v) is 2.18. The first kappa shape index (κ1) is 6.59. The molecule has 0 saturated heterocycles.